The van der Waals surface area contributed by atoms with Crippen LogP contribution in [0.15, 0.2) is 35.3 Å². The third-order valence-corrected chi connectivity index (χ3v) is 2.98. The molecule has 0 fully saturated rings. The molecule has 1 rings (SSSR count). The van der Waals surface area contributed by atoms with Gasteiger partial charge in [-0.25, -0.2) is 9.59 Å². The van der Waals surface area contributed by atoms with Crippen molar-refractivity contribution in [2.75, 3.05) is 18.4 Å². The minimum Gasteiger partial charge on any atom is -0.478 e. The summed E-state index contributed by atoms with van der Waals surface area (Å²) >= 11 is 3.23. The molecule has 1 aromatic carbocycles. The molecule has 0 aliphatic carbocycles. The Kier molecular flexibility index (Phi) is 6.24. The zero-order valence-corrected chi connectivity index (χ0v) is 12.8. The van der Waals surface area contributed by atoms with Crippen LogP contribution in [-0.4, -0.2) is 35.1 Å². The zero-order chi connectivity index (χ0) is 15.1. The van der Waals surface area contributed by atoms with Crippen LogP contribution < -0.4 is 5.32 Å². The van der Waals surface area contributed by atoms with Crippen LogP contribution in [0.25, 0.3) is 0 Å². The topological polar surface area (TPSA) is 69.6 Å². The van der Waals surface area contributed by atoms with E-state index < -0.39 is 5.97 Å². The number of hydrogen-bond acceptors (Lipinski definition) is 2. The van der Waals surface area contributed by atoms with E-state index in [1.165, 1.54) is 12.1 Å². The molecule has 0 bridgehead atoms. The summed E-state index contributed by atoms with van der Waals surface area (Å²) < 4.78 is 0.596. The normalized spacial score (nSPS) is 9.90. The maximum Gasteiger partial charge on any atom is 0.335 e. The van der Waals surface area contributed by atoms with Crippen LogP contribution in [-0.2, 0) is 0 Å². The lowest BCUT2D eigenvalue weighted by Gasteiger charge is -2.21. The fourth-order valence-corrected chi connectivity index (χ4v) is 2.18. The number of nitrogens with one attached hydrogen (secondary N) is 1. The van der Waals surface area contributed by atoms with E-state index in [1.807, 2.05) is 6.92 Å². The van der Waals surface area contributed by atoms with E-state index in [1.54, 1.807) is 17.0 Å². The number of amides is 2. The van der Waals surface area contributed by atoms with Gasteiger partial charge in [-0.15, -0.1) is 6.58 Å². The number of hydrogen-bond donors (Lipinski definition) is 2. The molecule has 6 heteroatoms. The number of carbonyl (C=O) groups is 2. The van der Waals surface area contributed by atoms with E-state index in [9.17, 15) is 9.59 Å². The van der Waals surface area contributed by atoms with Gasteiger partial charge >= 0.3 is 12.0 Å². The van der Waals surface area contributed by atoms with Gasteiger partial charge in [0.15, 0.2) is 0 Å². The summed E-state index contributed by atoms with van der Waals surface area (Å²) in [5.74, 6) is -1.04. The Hall–Kier alpha value is -1.82. The molecular weight excluding hydrogens is 324 g/mol. The number of nitrogens with zero attached hydrogens (tertiary/aromatic N) is 1. The summed E-state index contributed by atoms with van der Waals surface area (Å²) in [5.41, 5.74) is 0.548. The Morgan fingerprint density at radius 3 is 2.70 bits per heavy atom. The number of carboxylic acids is 1. The number of anilines is 1. The highest BCUT2D eigenvalue weighted by atomic mass is 79.9. The second-order valence-corrected chi connectivity index (χ2v) is 5.11. The fraction of sp³-hybridized carbons (Fsp3) is 0.286. The van der Waals surface area contributed by atoms with Crippen molar-refractivity contribution in [1.29, 1.82) is 0 Å². The Morgan fingerprint density at radius 2 is 2.15 bits per heavy atom. The first kappa shape index (κ1) is 16.2. The highest BCUT2D eigenvalue weighted by molar-refractivity contribution is 9.10. The van der Waals surface area contributed by atoms with Crippen molar-refractivity contribution in [1.82, 2.24) is 4.90 Å². The summed E-state index contributed by atoms with van der Waals surface area (Å²) in [4.78, 5) is 24.7. The molecule has 108 valence electrons. The average Bonchev–Trinajstić information content (AvgIpc) is 2.37. The third-order valence-electron chi connectivity index (χ3n) is 2.53. The Balaban J connectivity index is 2.88. The highest BCUT2D eigenvalue weighted by Crippen LogP contribution is 2.20. The fourth-order valence-electron chi connectivity index (χ4n) is 1.69. The van der Waals surface area contributed by atoms with Crippen molar-refractivity contribution in [3.05, 3.63) is 40.9 Å². The molecule has 0 radical (unpaired) electrons. The Morgan fingerprint density at radius 1 is 1.45 bits per heavy atom. The summed E-state index contributed by atoms with van der Waals surface area (Å²) in [6.07, 6.45) is 2.49. The minimum absolute atomic E-state index is 0.112. The van der Waals surface area contributed by atoms with Crippen LogP contribution in [0.2, 0.25) is 0 Å². The van der Waals surface area contributed by atoms with Crippen molar-refractivity contribution in [3.8, 4) is 0 Å². The molecule has 0 aliphatic rings. The van der Waals surface area contributed by atoms with Gasteiger partial charge in [-0.1, -0.05) is 28.9 Å². The van der Waals surface area contributed by atoms with Gasteiger partial charge in [-0.3, -0.25) is 0 Å². The number of halogens is 1. The average molecular weight is 341 g/mol. The minimum atomic E-state index is -1.04. The maximum absolute atomic E-state index is 12.1. The smallest absolute Gasteiger partial charge is 0.335 e. The van der Waals surface area contributed by atoms with Crippen LogP contribution in [0.5, 0.6) is 0 Å². The van der Waals surface area contributed by atoms with E-state index in [0.717, 1.165) is 6.42 Å². The van der Waals surface area contributed by atoms with Crippen LogP contribution in [0.4, 0.5) is 10.5 Å². The number of carboxylic acid groups (broad SMARTS) is 1. The van der Waals surface area contributed by atoms with Crippen molar-refractivity contribution in [3.63, 3.8) is 0 Å². The van der Waals surface area contributed by atoms with Gasteiger partial charge in [0.2, 0.25) is 0 Å². The van der Waals surface area contributed by atoms with Gasteiger partial charge in [0.25, 0.3) is 0 Å². The second-order valence-electron chi connectivity index (χ2n) is 4.20. The summed E-state index contributed by atoms with van der Waals surface area (Å²) in [6, 6.07) is 4.28. The molecule has 0 atom stereocenters. The molecular formula is C14H17BrN2O3. The van der Waals surface area contributed by atoms with E-state index >= 15 is 0 Å². The molecule has 0 saturated heterocycles. The van der Waals surface area contributed by atoms with Gasteiger partial charge in [-0.05, 0) is 24.6 Å². The molecule has 1 aromatic rings. The molecule has 0 aliphatic heterocycles. The first-order chi connectivity index (χ1) is 9.47. The number of carbonyl (C=O) groups excluding carboxylic acids is 1. The molecule has 5 nitrogen and oxygen atoms in total. The predicted octanol–water partition coefficient (Wildman–Crippen LogP) is 3.58. The largest absolute Gasteiger partial charge is 0.478 e. The number of benzene rings is 1. The lowest BCUT2D eigenvalue weighted by molar-refractivity contribution is 0.0697. The van der Waals surface area contributed by atoms with Gasteiger partial charge in [0.05, 0.1) is 5.56 Å². The number of aromatic carboxylic acids is 1. The maximum atomic E-state index is 12.1. The van der Waals surface area contributed by atoms with E-state index in [2.05, 4.69) is 27.8 Å². The number of rotatable bonds is 6. The second kappa shape index (κ2) is 7.69. The molecule has 0 spiro atoms. The standard InChI is InChI=1S/C14H17BrN2O3/c1-3-5-17(6-4-2)14(20)16-12-8-10(13(18)19)7-11(15)9-12/h3,7-9H,1,4-6H2,2H3,(H,16,20)(H,18,19). The van der Waals surface area contributed by atoms with E-state index in [-0.39, 0.29) is 11.6 Å². The Labute approximate surface area is 126 Å². The van der Waals surface area contributed by atoms with Gasteiger partial charge in [0, 0.05) is 23.2 Å². The lowest BCUT2D eigenvalue weighted by atomic mass is 10.2. The monoisotopic (exact) mass is 340 g/mol. The third kappa shape index (κ3) is 4.70. The molecule has 0 unspecified atom stereocenters. The van der Waals surface area contributed by atoms with Crippen LogP contribution in [0, 0.1) is 0 Å². The summed E-state index contributed by atoms with van der Waals surface area (Å²) in [5, 5.41) is 11.7. The van der Waals surface area contributed by atoms with Crippen molar-refractivity contribution in [2.45, 2.75) is 13.3 Å². The van der Waals surface area contributed by atoms with E-state index in [4.69, 9.17) is 5.11 Å². The molecule has 0 aromatic heterocycles. The summed E-state index contributed by atoms with van der Waals surface area (Å²) in [7, 11) is 0. The van der Waals surface area contributed by atoms with E-state index in [0.29, 0.717) is 23.2 Å². The van der Waals surface area contributed by atoms with Gasteiger partial charge in [0.1, 0.15) is 0 Å². The Bertz CT molecular complexity index is 517. The zero-order valence-electron chi connectivity index (χ0n) is 11.2. The first-order valence-electron chi connectivity index (χ1n) is 6.18. The SMILES string of the molecule is C=CCN(CCC)C(=O)Nc1cc(Br)cc(C(=O)O)c1. The molecule has 0 heterocycles. The van der Waals surface area contributed by atoms with Gasteiger partial charge in [-0.2, -0.15) is 0 Å². The highest BCUT2D eigenvalue weighted by Gasteiger charge is 2.13. The molecule has 2 N–H and O–H groups in total. The quantitative estimate of drug-likeness (QED) is 0.777. The summed E-state index contributed by atoms with van der Waals surface area (Å²) in [6.45, 7) is 6.65. The molecule has 2 amide bonds. The van der Waals surface area contributed by atoms with Crippen molar-refractivity contribution in [2.24, 2.45) is 0 Å². The lowest BCUT2D eigenvalue weighted by Crippen LogP contribution is -2.35. The molecule has 0 saturated carbocycles. The van der Waals surface area contributed by atoms with Crippen LogP contribution in [0.3, 0.4) is 0 Å². The predicted molar refractivity (Wildman–Crippen MR) is 82.2 cm³/mol. The van der Waals surface area contributed by atoms with Crippen LogP contribution >= 0.6 is 15.9 Å². The first-order valence-corrected chi connectivity index (χ1v) is 6.98. The number of urea groups is 1. The molecule has 20 heavy (non-hydrogen) atoms. The van der Waals surface area contributed by atoms with Crippen LogP contribution in [0.1, 0.15) is 23.7 Å². The van der Waals surface area contributed by atoms with Crippen molar-refractivity contribution < 1.29 is 14.7 Å². The van der Waals surface area contributed by atoms with Gasteiger partial charge < -0.3 is 15.3 Å². The van der Waals surface area contributed by atoms with Crippen molar-refractivity contribution >= 4 is 33.6 Å².